The Kier molecular flexibility index (Phi) is 5.24. The summed E-state index contributed by atoms with van der Waals surface area (Å²) in [6.45, 7) is 5.41. The van der Waals surface area contributed by atoms with E-state index in [9.17, 15) is 9.59 Å². The fraction of sp³-hybridized carbons (Fsp3) is 0.333. The molecule has 2 aromatic carbocycles. The topological polar surface area (TPSA) is 59.1 Å². The lowest BCUT2D eigenvalue weighted by atomic mass is 10.0. The summed E-state index contributed by atoms with van der Waals surface area (Å²) >= 11 is 0. The number of benzene rings is 2. The van der Waals surface area contributed by atoms with Crippen molar-refractivity contribution in [2.75, 3.05) is 32.2 Å². The molecule has 30 heavy (non-hydrogen) atoms. The van der Waals surface area contributed by atoms with Crippen LogP contribution in [0.25, 0.3) is 5.57 Å². The van der Waals surface area contributed by atoms with Crippen LogP contribution in [0.15, 0.2) is 42.1 Å². The number of amides is 2. The van der Waals surface area contributed by atoms with Crippen molar-refractivity contribution < 1.29 is 19.1 Å². The first kappa shape index (κ1) is 20.0. The summed E-state index contributed by atoms with van der Waals surface area (Å²) in [6.07, 6.45) is 2.02. The number of ether oxygens (including phenoxy) is 2. The predicted molar refractivity (Wildman–Crippen MR) is 116 cm³/mol. The van der Waals surface area contributed by atoms with Crippen molar-refractivity contribution in [3.63, 3.8) is 0 Å². The van der Waals surface area contributed by atoms with E-state index in [1.165, 1.54) is 4.90 Å². The van der Waals surface area contributed by atoms with Gasteiger partial charge in [0, 0.05) is 13.1 Å². The number of methoxy groups -OCH3 is 2. The predicted octanol–water partition coefficient (Wildman–Crippen LogP) is 3.70. The molecule has 1 fully saturated rings. The minimum absolute atomic E-state index is 0.264. The molecule has 2 aliphatic rings. The highest BCUT2D eigenvalue weighted by atomic mass is 16.5. The molecule has 0 radical (unpaired) electrons. The van der Waals surface area contributed by atoms with Crippen LogP contribution in [0.5, 0.6) is 11.5 Å². The average molecular weight is 406 g/mol. The maximum Gasteiger partial charge on any atom is 0.282 e. The second kappa shape index (κ2) is 7.86. The van der Waals surface area contributed by atoms with E-state index in [0.717, 1.165) is 37.1 Å². The van der Waals surface area contributed by atoms with Gasteiger partial charge < -0.3 is 14.4 Å². The van der Waals surface area contributed by atoms with Gasteiger partial charge >= 0.3 is 0 Å². The van der Waals surface area contributed by atoms with E-state index in [-0.39, 0.29) is 11.8 Å². The third-order valence-electron chi connectivity index (χ3n) is 5.76. The zero-order valence-corrected chi connectivity index (χ0v) is 17.8. The van der Waals surface area contributed by atoms with Crippen LogP contribution in [-0.2, 0) is 9.59 Å². The van der Waals surface area contributed by atoms with Crippen molar-refractivity contribution >= 4 is 23.1 Å². The zero-order valence-electron chi connectivity index (χ0n) is 17.8. The molecule has 0 aromatic heterocycles. The first-order valence-electron chi connectivity index (χ1n) is 10.1. The Morgan fingerprint density at radius 3 is 2.20 bits per heavy atom. The Hall–Kier alpha value is -3.28. The Bertz CT molecular complexity index is 1050. The summed E-state index contributed by atoms with van der Waals surface area (Å²) in [5, 5.41) is 0. The highest BCUT2D eigenvalue weighted by Gasteiger charge is 2.43. The van der Waals surface area contributed by atoms with E-state index >= 15 is 0 Å². The molecule has 2 heterocycles. The van der Waals surface area contributed by atoms with Gasteiger partial charge in [-0.1, -0.05) is 18.2 Å². The summed E-state index contributed by atoms with van der Waals surface area (Å²) in [6, 6.07) is 11.2. The molecule has 0 aliphatic carbocycles. The summed E-state index contributed by atoms with van der Waals surface area (Å²) < 4.78 is 10.8. The third-order valence-corrected chi connectivity index (χ3v) is 5.76. The van der Waals surface area contributed by atoms with Gasteiger partial charge in [-0.2, -0.15) is 0 Å². The number of nitrogens with zero attached hydrogens (tertiary/aromatic N) is 2. The van der Waals surface area contributed by atoms with Crippen LogP contribution in [-0.4, -0.2) is 44.0 Å². The molecule has 6 nitrogen and oxygen atoms in total. The van der Waals surface area contributed by atoms with E-state index in [0.29, 0.717) is 34.0 Å². The van der Waals surface area contributed by atoms with Crippen molar-refractivity contribution in [2.45, 2.75) is 26.7 Å². The number of anilines is 1. The van der Waals surface area contributed by atoms with Crippen LogP contribution in [0, 0.1) is 13.8 Å². The van der Waals surface area contributed by atoms with Crippen molar-refractivity contribution in [1.82, 2.24) is 4.90 Å². The SMILES string of the molecule is COc1ccc(C2=C(N3CCCC3)C(=O)N(c3cc(C)ccc3C)C2=O)cc1OC. The molecule has 4 rings (SSSR count). The maximum atomic E-state index is 13.7. The fourth-order valence-electron chi connectivity index (χ4n) is 4.18. The molecule has 0 bridgehead atoms. The number of hydrogen-bond acceptors (Lipinski definition) is 5. The number of imide groups is 1. The van der Waals surface area contributed by atoms with Gasteiger partial charge in [0.05, 0.1) is 25.5 Å². The number of hydrogen-bond donors (Lipinski definition) is 0. The highest BCUT2D eigenvalue weighted by Crippen LogP contribution is 2.39. The second-order valence-electron chi connectivity index (χ2n) is 7.72. The number of aryl methyl sites for hydroxylation is 2. The van der Waals surface area contributed by atoms with Crippen molar-refractivity contribution in [2.24, 2.45) is 0 Å². The molecule has 2 amide bonds. The largest absolute Gasteiger partial charge is 0.493 e. The fourth-order valence-corrected chi connectivity index (χ4v) is 4.18. The lowest BCUT2D eigenvalue weighted by molar-refractivity contribution is -0.120. The summed E-state index contributed by atoms with van der Waals surface area (Å²) in [5.74, 6) is 0.532. The smallest absolute Gasteiger partial charge is 0.282 e. The molecule has 1 saturated heterocycles. The number of rotatable bonds is 5. The van der Waals surface area contributed by atoms with Crippen LogP contribution < -0.4 is 14.4 Å². The molecular formula is C24H26N2O4. The summed E-state index contributed by atoms with van der Waals surface area (Å²) in [7, 11) is 3.13. The molecule has 156 valence electrons. The van der Waals surface area contributed by atoms with E-state index in [2.05, 4.69) is 0 Å². The van der Waals surface area contributed by atoms with E-state index < -0.39 is 0 Å². The van der Waals surface area contributed by atoms with Gasteiger partial charge in [-0.05, 0) is 61.6 Å². The number of likely N-dealkylation sites (tertiary alicyclic amines) is 1. The first-order chi connectivity index (χ1) is 14.5. The van der Waals surface area contributed by atoms with Crippen LogP contribution in [0.3, 0.4) is 0 Å². The van der Waals surface area contributed by atoms with E-state index in [1.807, 2.05) is 43.0 Å². The first-order valence-corrected chi connectivity index (χ1v) is 10.1. The van der Waals surface area contributed by atoms with Gasteiger partial charge in [-0.15, -0.1) is 0 Å². The lowest BCUT2D eigenvalue weighted by Gasteiger charge is -2.21. The van der Waals surface area contributed by atoms with Gasteiger partial charge in [-0.25, -0.2) is 4.90 Å². The van der Waals surface area contributed by atoms with E-state index in [1.54, 1.807) is 26.4 Å². The van der Waals surface area contributed by atoms with Gasteiger partial charge in [0.2, 0.25) is 0 Å². The minimum atomic E-state index is -0.303. The molecule has 0 atom stereocenters. The van der Waals surface area contributed by atoms with Gasteiger partial charge in [-0.3, -0.25) is 9.59 Å². The van der Waals surface area contributed by atoms with Crippen LogP contribution in [0.4, 0.5) is 5.69 Å². The van der Waals surface area contributed by atoms with Gasteiger partial charge in [0.15, 0.2) is 11.5 Å². The monoisotopic (exact) mass is 406 g/mol. The summed E-state index contributed by atoms with van der Waals surface area (Å²) in [4.78, 5) is 30.6. The van der Waals surface area contributed by atoms with Crippen molar-refractivity contribution in [3.05, 3.63) is 58.8 Å². The standard InChI is InChI=1S/C24H26N2O4/c1-15-7-8-16(2)18(13-15)26-23(27)21(22(24(26)28)25-11-5-6-12-25)17-9-10-19(29-3)20(14-17)30-4/h7-10,13-14H,5-6,11-12H2,1-4H3. The number of carbonyl (C=O) groups excluding carboxylic acids is 2. The van der Waals surface area contributed by atoms with Gasteiger partial charge in [0.1, 0.15) is 5.70 Å². The molecule has 2 aromatic rings. The third kappa shape index (κ3) is 3.22. The summed E-state index contributed by atoms with van der Waals surface area (Å²) in [5.41, 5.74) is 4.07. The zero-order chi connectivity index (χ0) is 21.4. The molecular weight excluding hydrogens is 380 g/mol. The van der Waals surface area contributed by atoms with Crippen LogP contribution in [0.1, 0.15) is 29.5 Å². The van der Waals surface area contributed by atoms with Crippen LogP contribution >= 0.6 is 0 Å². The van der Waals surface area contributed by atoms with Crippen molar-refractivity contribution in [3.8, 4) is 11.5 Å². The molecule has 0 N–H and O–H groups in total. The Morgan fingerprint density at radius 1 is 0.833 bits per heavy atom. The Morgan fingerprint density at radius 2 is 1.53 bits per heavy atom. The number of carbonyl (C=O) groups is 2. The minimum Gasteiger partial charge on any atom is -0.493 e. The second-order valence-corrected chi connectivity index (χ2v) is 7.72. The van der Waals surface area contributed by atoms with Gasteiger partial charge in [0.25, 0.3) is 11.8 Å². The Balaban J connectivity index is 1.87. The average Bonchev–Trinajstić information content (AvgIpc) is 3.35. The van der Waals surface area contributed by atoms with Crippen molar-refractivity contribution in [1.29, 1.82) is 0 Å². The Labute approximate surface area is 176 Å². The lowest BCUT2D eigenvalue weighted by Crippen LogP contribution is -2.35. The molecule has 0 spiro atoms. The quantitative estimate of drug-likeness (QED) is 0.709. The maximum absolute atomic E-state index is 13.7. The normalized spacial score (nSPS) is 16.7. The highest BCUT2D eigenvalue weighted by molar-refractivity contribution is 6.45. The molecule has 0 unspecified atom stereocenters. The molecule has 6 heteroatoms. The van der Waals surface area contributed by atoms with E-state index in [4.69, 9.17) is 9.47 Å². The molecule has 2 aliphatic heterocycles. The molecule has 0 saturated carbocycles. The van der Waals surface area contributed by atoms with Crippen LogP contribution in [0.2, 0.25) is 0 Å².